The third kappa shape index (κ3) is 3.77. The number of hydrogen-bond acceptors (Lipinski definition) is 4. The first-order valence-electron chi connectivity index (χ1n) is 8.18. The molecule has 0 spiro atoms. The van der Waals surface area contributed by atoms with E-state index in [2.05, 4.69) is 0 Å². The van der Waals surface area contributed by atoms with E-state index in [0.29, 0.717) is 24.2 Å². The highest BCUT2D eigenvalue weighted by Gasteiger charge is 2.37. The maximum absolute atomic E-state index is 12.2. The lowest BCUT2D eigenvalue weighted by Gasteiger charge is -2.37. The maximum Gasteiger partial charge on any atom is 0.288 e. The molecule has 5 nitrogen and oxygen atoms in total. The Balaban J connectivity index is 1.58. The van der Waals surface area contributed by atoms with E-state index in [4.69, 9.17) is 14.6 Å². The molecule has 2 fully saturated rings. The van der Waals surface area contributed by atoms with E-state index in [-0.39, 0.29) is 18.8 Å². The van der Waals surface area contributed by atoms with E-state index in [0.717, 1.165) is 32.4 Å². The van der Waals surface area contributed by atoms with E-state index in [1.165, 1.54) is 19.3 Å². The molecule has 0 bridgehead atoms. The van der Waals surface area contributed by atoms with Gasteiger partial charge in [0.05, 0.1) is 6.61 Å². The summed E-state index contributed by atoms with van der Waals surface area (Å²) in [6, 6.07) is 0. The van der Waals surface area contributed by atoms with Crippen LogP contribution in [-0.4, -0.2) is 48.5 Å². The van der Waals surface area contributed by atoms with Crippen LogP contribution in [0.25, 0.3) is 0 Å². The van der Waals surface area contributed by atoms with Crippen molar-refractivity contribution >= 4 is 5.91 Å². The topological polar surface area (TPSA) is 58.8 Å². The molecule has 118 valence electrons. The normalized spacial score (nSPS) is 28.6. The zero-order valence-corrected chi connectivity index (χ0v) is 12.5. The Hall–Kier alpha value is -1.07. The fourth-order valence-corrected chi connectivity index (χ4v) is 2.97. The number of carbonyl (C=O) groups excluding carboxylic acids is 1. The second kappa shape index (κ2) is 6.79. The lowest BCUT2D eigenvalue weighted by Crippen LogP contribution is -2.34. The summed E-state index contributed by atoms with van der Waals surface area (Å²) in [4.78, 5) is 14.0. The molecule has 2 aliphatic heterocycles. The summed E-state index contributed by atoms with van der Waals surface area (Å²) < 4.78 is 11.5. The minimum absolute atomic E-state index is 0.0166. The number of ether oxygens (including phenoxy) is 2. The lowest BCUT2D eigenvalue weighted by molar-refractivity contribution is -0.154. The van der Waals surface area contributed by atoms with Crippen molar-refractivity contribution in [3.8, 4) is 0 Å². The number of hydrogen-bond donors (Lipinski definition) is 1. The standard InChI is InChI=1S/C16H25NO4/c18-8-1-2-9-20-15-11-13(12-4-3-5-12)10-14(21-15)16(19)17-6-7-17/h10,12-13,15,18H,1-9,11H2/t13-,15+/m0/s1. The van der Waals surface area contributed by atoms with Crippen LogP contribution in [0, 0.1) is 11.8 Å². The smallest absolute Gasteiger partial charge is 0.288 e. The van der Waals surface area contributed by atoms with Crippen LogP contribution in [0.5, 0.6) is 0 Å². The Morgan fingerprint density at radius 2 is 2.19 bits per heavy atom. The van der Waals surface area contributed by atoms with E-state index in [1.54, 1.807) is 4.90 Å². The number of aliphatic hydroxyl groups excluding tert-OH is 1. The number of carbonyl (C=O) groups is 1. The number of rotatable bonds is 7. The number of allylic oxidation sites excluding steroid dienone is 1. The van der Waals surface area contributed by atoms with Crippen molar-refractivity contribution in [2.24, 2.45) is 11.8 Å². The summed E-state index contributed by atoms with van der Waals surface area (Å²) >= 11 is 0. The van der Waals surface area contributed by atoms with Gasteiger partial charge in [-0.05, 0) is 43.6 Å². The Kier molecular flexibility index (Phi) is 4.80. The Morgan fingerprint density at radius 3 is 2.81 bits per heavy atom. The zero-order chi connectivity index (χ0) is 14.7. The summed E-state index contributed by atoms with van der Waals surface area (Å²) in [5.41, 5.74) is 0. The summed E-state index contributed by atoms with van der Waals surface area (Å²) in [5.74, 6) is 1.61. The number of amides is 1. The van der Waals surface area contributed by atoms with Crippen molar-refractivity contribution in [1.82, 2.24) is 4.90 Å². The van der Waals surface area contributed by atoms with Gasteiger partial charge in [0, 0.05) is 26.1 Å². The molecule has 2 atom stereocenters. The molecule has 0 aromatic heterocycles. The predicted octanol–water partition coefficient (Wildman–Crippen LogP) is 1.66. The second-order valence-corrected chi connectivity index (χ2v) is 6.26. The quantitative estimate of drug-likeness (QED) is 0.573. The second-order valence-electron chi connectivity index (χ2n) is 6.26. The molecule has 2 heterocycles. The van der Waals surface area contributed by atoms with Crippen LogP contribution in [-0.2, 0) is 14.3 Å². The van der Waals surface area contributed by atoms with Gasteiger partial charge in [-0.1, -0.05) is 6.42 Å². The molecular weight excluding hydrogens is 270 g/mol. The van der Waals surface area contributed by atoms with Gasteiger partial charge in [-0.25, -0.2) is 0 Å². The molecule has 1 saturated carbocycles. The minimum Gasteiger partial charge on any atom is -0.459 e. The van der Waals surface area contributed by atoms with E-state index in [1.807, 2.05) is 6.08 Å². The molecule has 3 aliphatic rings. The maximum atomic E-state index is 12.2. The highest BCUT2D eigenvalue weighted by Crippen LogP contribution is 2.40. The SMILES string of the molecule is O=C(C1=C[C@H](C2CCC2)C[C@H](OCCCCO)O1)N1CC1. The Morgan fingerprint density at radius 1 is 1.38 bits per heavy atom. The van der Waals surface area contributed by atoms with Gasteiger partial charge < -0.3 is 19.5 Å². The Bertz CT molecular complexity index is 401. The first kappa shape index (κ1) is 14.9. The van der Waals surface area contributed by atoms with Crippen LogP contribution in [0.3, 0.4) is 0 Å². The molecule has 21 heavy (non-hydrogen) atoms. The van der Waals surface area contributed by atoms with E-state index >= 15 is 0 Å². The number of aliphatic hydroxyl groups is 1. The monoisotopic (exact) mass is 295 g/mol. The van der Waals surface area contributed by atoms with E-state index in [9.17, 15) is 4.79 Å². The van der Waals surface area contributed by atoms with Gasteiger partial charge in [-0.15, -0.1) is 0 Å². The van der Waals surface area contributed by atoms with Crippen molar-refractivity contribution in [3.05, 3.63) is 11.8 Å². The van der Waals surface area contributed by atoms with Crippen LogP contribution in [0.4, 0.5) is 0 Å². The third-order valence-electron chi connectivity index (χ3n) is 4.65. The average Bonchev–Trinajstić information content (AvgIpc) is 3.25. The van der Waals surface area contributed by atoms with Crippen LogP contribution in [0.2, 0.25) is 0 Å². The van der Waals surface area contributed by atoms with Gasteiger partial charge in [0.25, 0.3) is 5.91 Å². The Labute approximate surface area is 125 Å². The lowest BCUT2D eigenvalue weighted by atomic mass is 9.73. The van der Waals surface area contributed by atoms with Crippen LogP contribution >= 0.6 is 0 Å². The predicted molar refractivity (Wildman–Crippen MR) is 77.3 cm³/mol. The van der Waals surface area contributed by atoms with Gasteiger partial charge in [0.1, 0.15) is 0 Å². The van der Waals surface area contributed by atoms with Crippen LogP contribution in [0.1, 0.15) is 38.5 Å². The first-order chi connectivity index (χ1) is 10.3. The molecular formula is C16H25NO4. The van der Waals surface area contributed by atoms with Crippen molar-refractivity contribution in [1.29, 1.82) is 0 Å². The molecule has 1 N–H and O–H groups in total. The largest absolute Gasteiger partial charge is 0.459 e. The van der Waals surface area contributed by atoms with Gasteiger partial charge in [0.15, 0.2) is 5.76 Å². The van der Waals surface area contributed by atoms with Crippen molar-refractivity contribution in [3.63, 3.8) is 0 Å². The van der Waals surface area contributed by atoms with Crippen LogP contribution in [0.15, 0.2) is 11.8 Å². The van der Waals surface area contributed by atoms with Crippen molar-refractivity contribution < 1.29 is 19.4 Å². The van der Waals surface area contributed by atoms with Gasteiger partial charge in [0.2, 0.25) is 6.29 Å². The van der Waals surface area contributed by atoms with E-state index < -0.39 is 0 Å². The average molecular weight is 295 g/mol. The zero-order valence-electron chi connectivity index (χ0n) is 12.5. The van der Waals surface area contributed by atoms with Crippen LogP contribution < -0.4 is 0 Å². The van der Waals surface area contributed by atoms with Gasteiger partial charge in [-0.2, -0.15) is 0 Å². The van der Waals surface area contributed by atoms with Gasteiger partial charge in [-0.3, -0.25) is 4.79 Å². The fourth-order valence-electron chi connectivity index (χ4n) is 2.97. The molecule has 5 heteroatoms. The molecule has 1 amide bonds. The molecule has 1 saturated heterocycles. The molecule has 0 unspecified atom stereocenters. The minimum atomic E-state index is -0.307. The van der Waals surface area contributed by atoms with Crippen molar-refractivity contribution in [2.45, 2.75) is 44.8 Å². The highest BCUT2D eigenvalue weighted by atomic mass is 16.7. The molecule has 1 aliphatic carbocycles. The number of nitrogens with zero attached hydrogens (tertiary/aromatic N) is 1. The third-order valence-corrected chi connectivity index (χ3v) is 4.65. The molecule has 3 rings (SSSR count). The number of unbranched alkanes of at least 4 members (excludes halogenated alkanes) is 1. The summed E-state index contributed by atoms with van der Waals surface area (Å²) in [5, 5.41) is 8.79. The molecule has 0 aromatic rings. The first-order valence-corrected chi connectivity index (χ1v) is 8.18. The summed E-state index contributed by atoms with van der Waals surface area (Å²) in [6.45, 7) is 2.46. The fraction of sp³-hybridized carbons (Fsp3) is 0.812. The van der Waals surface area contributed by atoms with Gasteiger partial charge >= 0.3 is 0 Å². The highest BCUT2D eigenvalue weighted by molar-refractivity contribution is 5.93. The molecule has 0 radical (unpaired) electrons. The summed E-state index contributed by atoms with van der Waals surface area (Å²) in [7, 11) is 0. The molecule has 0 aromatic carbocycles. The van der Waals surface area contributed by atoms with Crippen molar-refractivity contribution in [2.75, 3.05) is 26.3 Å². The summed E-state index contributed by atoms with van der Waals surface area (Å²) in [6.07, 6.45) is 7.95.